The van der Waals surface area contributed by atoms with Crippen molar-refractivity contribution in [3.8, 4) is 5.75 Å². The minimum absolute atomic E-state index is 0.0482. The van der Waals surface area contributed by atoms with Crippen LogP contribution in [0.5, 0.6) is 5.75 Å². The first-order chi connectivity index (χ1) is 15.3. The van der Waals surface area contributed by atoms with Gasteiger partial charge in [-0.2, -0.15) is 0 Å². The molecule has 8 nitrogen and oxygen atoms in total. The number of imidazole rings is 1. The van der Waals surface area contributed by atoms with Gasteiger partial charge in [0, 0.05) is 19.5 Å². The summed E-state index contributed by atoms with van der Waals surface area (Å²) in [5.74, 6) is -0.227. The molecule has 1 atom stereocenters. The van der Waals surface area contributed by atoms with E-state index in [9.17, 15) is 14.4 Å². The van der Waals surface area contributed by atoms with Gasteiger partial charge < -0.3 is 4.74 Å². The zero-order valence-corrected chi connectivity index (χ0v) is 19.0. The molecule has 0 aliphatic rings. The average molecular weight is 439 g/mol. The summed E-state index contributed by atoms with van der Waals surface area (Å²) in [6.07, 6.45) is 0.0976. The molecule has 3 aromatic rings. The third kappa shape index (κ3) is 5.01. The van der Waals surface area contributed by atoms with E-state index in [2.05, 4.69) is 10.9 Å². The third-order valence-electron chi connectivity index (χ3n) is 5.49. The number of fused-ring (bicyclic) bond motifs is 1. The van der Waals surface area contributed by atoms with E-state index >= 15 is 0 Å². The number of carbonyl (C=O) groups excluding carboxylic acids is 2. The molecule has 0 aliphatic carbocycles. The van der Waals surface area contributed by atoms with Crippen LogP contribution in [0.15, 0.2) is 47.3 Å². The number of hydrogen-bond donors (Lipinski definition) is 2. The van der Waals surface area contributed by atoms with Crippen LogP contribution in [0.2, 0.25) is 0 Å². The van der Waals surface area contributed by atoms with E-state index in [4.69, 9.17) is 4.74 Å². The van der Waals surface area contributed by atoms with Crippen molar-refractivity contribution in [2.75, 3.05) is 0 Å². The first kappa shape index (κ1) is 23.1. The summed E-state index contributed by atoms with van der Waals surface area (Å²) in [4.78, 5) is 37.4. The van der Waals surface area contributed by atoms with E-state index in [1.165, 1.54) is 0 Å². The molecule has 1 aromatic heterocycles. The van der Waals surface area contributed by atoms with Crippen molar-refractivity contribution in [2.45, 2.75) is 59.7 Å². The second-order valence-electron chi connectivity index (χ2n) is 7.82. The molecule has 2 aromatic carbocycles. The number of aromatic nitrogens is 2. The van der Waals surface area contributed by atoms with Crippen LogP contribution in [0.1, 0.15) is 37.8 Å². The first-order valence-electron chi connectivity index (χ1n) is 10.8. The number of ether oxygens (including phenoxy) is 1. The van der Waals surface area contributed by atoms with Gasteiger partial charge in [0.15, 0.2) is 6.10 Å². The molecule has 170 valence electrons. The summed E-state index contributed by atoms with van der Waals surface area (Å²) in [6, 6.07) is 13.2. The summed E-state index contributed by atoms with van der Waals surface area (Å²) >= 11 is 0. The van der Waals surface area contributed by atoms with Crippen molar-refractivity contribution in [1.82, 2.24) is 20.0 Å². The minimum atomic E-state index is -0.787. The number of benzene rings is 2. The predicted molar refractivity (Wildman–Crippen MR) is 123 cm³/mol. The van der Waals surface area contributed by atoms with Gasteiger partial charge in [-0.05, 0) is 56.5 Å². The second kappa shape index (κ2) is 10.2. The van der Waals surface area contributed by atoms with Crippen molar-refractivity contribution in [1.29, 1.82) is 0 Å². The van der Waals surface area contributed by atoms with E-state index in [1.54, 1.807) is 22.1 Å². The fourth-order valence-corrected chi connectivity index (χ4v) is 3.53. The molecule has 0 saturated heterocycles. The average Bonchev–Trinajstić information content (AvgIpc) is 3.05. The Morgan fingerprint density at radius 2 is 1.62 bits per heavy atom. The lowest BCUT2D eigenvalue weighted by Gasteiger charge is -2.17. The van der Waals surface area contributed by atoms with E-state index in [0.29, 0.717) is 12.3 Å². The van der Waals surface area contributed by atoms with Crippen LogP contribution < -0.4 is 21.3 Å². The number of nitrogens with zero attached hydrogens (tertiary/aromatic N) is 2. The highest BCUT2D eigenvalue weighted by molar-refractivity contribution is 5.84. The van der Waals surface area contributed by atoms with Gasteiger partial charge in [0.05, 0.1) is 11.0 Å². The minimum Gasteiger partial charge on any atom is -0.481 e. The molecule has 0 aliphatic heterocycles. The Kier molecular flexibility index (Phi) is 7.35. The van der Waals surface area contributed by atoms with E-state index < -0.39 is 17.9 Å². The van der Waals surface area contributed by atoms with E-state index in [-0.39, 0.29) is 18.7 Å². The summed E-state index contributed by atoms with van der Waals surface area (Å²) < 4.78 is 9.05. The predicted octanol–water partition coefficient (Wildman–Crippen LogP) is 2.83. The Morgan fingerprint density at radius 3 is 2.28 bits per heavy atom. The van der Waals surface area contributed by atoms with Gasteiger partial charge in [-0.25, -0.2) is 4.79 Å². The fourth-order valence-electron chi connectivity index (χ4n) is 3.53. The van der Waals surface area contributed by atoms with Gasteiger partial charge in [-0.3, -0.25) is 29.6 Å². The maximum Gasteiger partial charge on any atom is 0.329 e. The van der Waals surface area contributed by atoms with Crippen LogP contribution in [-0.4, -0.2) is 27.1 Å². The molecule has 8 heteroatoms. The number of aryl methyl sites for hydroxylation is 3. The number of amides is 2. The van der Waals surface area contributed by atoms with Gasteiger partial charge in [-0.1, -0.05) is 31.2 Å². The zero-order valence-electron chi connectivity index (χ0n) is 19.0. The number of para-hydroxylation sites is 2. The van der Waals surface area contributed by atoms with Gasteiger partial charge in [0.2, 0.25) is 5.91 Å². The SMILES string of the molecule is CCCn1c(=O)n(CCC(=O)NNC(=O)C(C)Oc2cccc(C)c2C)c2ccccc21. The van der Waals surface area contributed by atoms with Crippen LogP contribution in [-0.2, 0) is 22.7 Å². The van der Waals surface area contributed by atoms with Crippen molar-refractivity contribution < 1.29 is 14.3 Å². The Hall–Kier alpha value is -3.55. The molecular formula is C24H30N4O4. The molecule has 32 heavy (non-hydrogen) atoms. The molecule has 0 spiro atoms. The Balaban J connectivity index is 1.56. The summed E-state index contributed by atoms with van der Waals surface area (Å²) in [5, 5.41) is 0. The number of rotatable bonds is 8. The number of hydrogen-bond acceptors (Lipinski definition) is 4. The molecular weight excluding hydrogens is 408 g/mol. The van der Waals surface area contributed by atoms with E-state index in [0.717, 1.165) is 28.6 Å². The largest absolute Gasteiger partial charge is 0.481 e. The van der Waals surface area contributed by atoms with Crippen LogP contribution in [0.3, 0.4) is 0 Å². The molecule has 0 saturated carbocycles. The Bertz CT molecular complexity index is 1180. The third-order valence-corrected chi connectivity index (χ3v) is 5.49. The standard InChI is InChI=1S/C24H30N4O4/c1-5-14-27-19-10-6-7-11-20(19)28(24(27)31)15-13-22(29)25-26-23(30)18(4)32-21-12-8-9-16(2)17(21)3/h6-12,18H,5,13-15H2,1-4H3,(H,25,29)(H,26,30). The van der Waals surface area contributed by atoms with Gasteiger partial charge in [-0.15, -0.1) is 0 Å². The zero-order chi connectivity index (χ0) is 23.3. The van der Waals surface area contributed by atoms with Gasteiger partial charge >= 0.3 is 5.69 Å². The van der Waals surface area contributed by atoms with Crippen molar-refractivity contribution in [2.24, 2.45) is 0 Å². The summed E-state index contributed by atoms with van der Waals surface area (Å²) in [6.45, 7) is 8.36. The van der Waals surface area contributed by atoms with E-state index in [1.807, 2.05) is 57.2 Å². The number of nitrogens with one attached hydrogen (secondary N) is 2. The number of hydrazine groups is 1. The highest BCUT2D eigenvalue weighted by Gasteiger charge is 2.17. The fraction of sp³-hybridized carbons (Fsp3) is 0.375. The molecule has 1 unspecified atom stereocenters. The molecule has 2 N–H and O–H groups in total. The smallest absolute Gasteiger partial charge is 0.329 e. The van der Waals surface area contributed by atoms with Crippen LogP contribution >= 0.6 is 0 Å². The quantitative estimate of drug-likeness (QED) is 0.529. The van der Waals surface area contributed by atoms with Crippen LogP contribution in [0, 0.1) is 13.8 Å². The number of carbonyl (C=O) groups is 2. The van der Waals surface area contributed by atoms with Crippen molar-refractivity contribution in [3.05, 3.63) is 64.1 Å². The molecule has 1 heterocycles. The lowest BCUT2D eigenvalue weighted by atomic mass is 10.1. The van der Waals surface area contributed by atoms with Gasteiger partial charge in [0.25, 0.3) is 5.91 Å². The maximum atomic E-state index is 12.8. The molecule has 0 fully saturated rings. The highest BCUT2D eigenvalue weighted by atomic mass is 16.5. The maximum absolute atomic E-state index is 12.8. The molecule has 2 amide bonds. The van der Waals surface area contributed by atoms with Crippen LogP contribution in [0.4, 0.5) is 0 Å². The summed E-state index contributed by atoms with van der Waals surface area (Å²) in [5.41, 5.74) is 8.33. The normalized spacial score (nSPS) is 11.9. The van der Waals surface area contributed by atoms with Crippen LogP contribution in [0.25, 0.3) is 11.0 Å². The first-order valence-corrected chi connectivity index (χ1v) is 10.8. The Morgan fingerprint density at radius 1 is 0.969 bits per heavy atom. The molecule has 0 radical (unpaired) electrons. The molecule has 0 bridgehead atoms. The Labute approximate surface area is 187 Å². The van der Waals surface area contributed by atoms with Crippen molar-refractivity contribution in [3.63, 3.8) is 0 Å². The second-order valence-corrected chi connectivity index (χ2v) is 7.82. The molecule has 3 rings (SSSR count). The highest BCUT2D eigenvalue weighted by Crippen LogP contribution is 2.21. The topological polar surface area (TPSA) is 94.4 Å². The lowest BCUT2D eigenvalue weighted by molar-refractivity contribution is -0.132. The van der Waals surface area contributed by atoms with Gasteiger partial charge in [0.1, 0.15) is 5.75 Å². The van der Waals surface area contributed by atoms with Crippen molar-refractivity contribution >= 4 is 22.8 Å². The lowest BCUT2D eigenvalue weighted by Crippen LogP contribution is -2.47. The summed E-state index contributed by atoms with van der Waals surface area (Å²) in [7, 11) is 0. The monoisotopic (exact) mass is 438 g/mol.